The lowest BCUT2D eigenvalue weighted by Gasteiger charge is -2.05. The average molecular weight is 274 g/mol. The van der Waals surface area contributed by atoms with Crippen molar-refractivity contribution < 1.29 is 0 Å². The molecule has 98 valence electrons. The summed E-state index contributed by atoms with van der Waals surface area (Å²) >= 11 is 1.62. The summed E-state index contributed by atoms with van der Waals surface area (Å²) in [5.74, 6) is 0.870. The van der Waals surface area contributed by atoms with Crippen molar-refractivity contribution in [1.29, 1.82) is 0 Å². The molecule has 0 saturated carbocycles. The molecular weight excluding hydrogens is 260 g/mol. The lowest BCUT2D eigenvalue weighted by Crippen LogP contribution is -2.07. The number of thiazole rings is 1. The minimum absolute atomic E-state index is 0.776. The second kappa shape index (κ2) is 4.58. The van der Waals surface area contributed by atoms with Gasteiger partial charge in [0, 0.05) is 26.7 Å². The van der Waals surface area contributed by atoms with Crippen LogP contribution in [0.15, 0.2) is 18.3 Å². The predicted molar refractivity (Wildman–Crippen MR) is 75.6 cm³/mol. The van der Waals surface area contributed by atoms with Crippen molar-refractivity contribution in [2.45, 2.75) is 13.3 Å². The zero-order valence-corrected chi connectivity index (χ0v) is 11.8. The first kappa shape index (κ1) is 12.0. The smallest absolute Gasteiger partial charge is 0.185 e. The maximum atomic E-state index is 4.59. The highest BCUT2D eigenvalue weighted by atomic mass is 32.1. The molecule has 0 fully saturated rings. The Morgan fingerprint density at radius 1 is 1.26 bits per heavy atom. The summed E-state index contributed by atoms with van der Waals surface area (Å²) < 4.78 is 1.80. The Morgan fingerprint density at radius 2 is 2.11 bits per heavy atom. The van der Waals surface area contributed by atoms with Gasteiger partial charge in [0.2, 0.25) is 0 Å². The highest BCUT2D eigenvalue weighted by molar-refractivity contribution is 7.18. The van der Waals surface area contributed by atoms with Gasteiger partial charge in [0.25, 0.3) is 0 Å². The molecule has 7 heteroatoms. The van der Waals surface area contributed by atoms with Crippen LogP contribution in [-0.2, 0) is 6.42 Å². The molecule has 0 radical (unpaired) electrons. The fourth-order valence-electron chi connectivity index (χ4n) is 1.78. The Morgan fingerprint density at radius 3 is 2.79 bits per heavy atom. The summed E-state index contributed by atoms with van der Waals surface area (Å²) in [6.07, 6.45) is 2.66. The number of fused-ring (bicyclic) bond motifs is 1. The van der Waals surface area contributed by atoms with E-state index in [4.69, 9.17) is 0 Å². The number of nitrogens with zero attached hydrogens (tertiary/aromatic N) is 6. The normalized spacial score (nSPS) is 11.1. The quantitative estimate of drug-likeness (QED) is 0.730. The van der Waals surface area contributed by atoms with Crippen LogP contribution in [0.5, 0.6) is 0 Å². The summed E-state index contributed by atoms with van der Waals surface area (Å²) in [5.41, 5.74) is 1.67. The zero-order chi connectivity index (χ0) is 13.4. The van der Waals surface area contributed by atoms with Crippen LogP contribution in [0.1, 0.15) is 12.7 Å². The maximum Gasteiger partial charge on any atom is 0.185 e. The molecule has 6 nitrogen and oxygen atoms in total. The zero-order valence-electron chi connectivity index (χ0n) is 11.0. The van der Waals surface area contributed by atoms with E-state index in [-0.39, 0.29) is 0 Å². The van der Waals surface area contributed by atoms with Crippen LogP contribution in [0, 0.1) is 0 Å². The summed E-state index contributed by atoms with van der Waals surface area (Å²) in [6, 6.07) is 3.89. The van der Waals surface area contributed by atoms with Gasteiger partial charge in [-0.15, -0.1) is 10.2 Å². The Hall–Kier alpha value is -2.02. The van der Waals surface area contributed by atoms with Crippen LogP contribution in [0.4, 0.5) is 5.13 Å². The second-order valence-electron chi connectivity index (χ2n) is 4.36. The van der Waals surface area contributed by atoms with Crippen molar-refractivity contribution in [3.05, 3.63) is 24.2 Å². The fraction of sp³-hybridized carbons (Fsp3) is 0.333. The second-order valence-corrected chi connectivity index (χ2v) is 5.37. The number of aryl methyl sites for hydroxylation is 1. The minimum atomic E-state index is 0.776. The topological polar surface area (TPSA) is 59.2 Å². The van der Waals surface area contributed by atoms with Crippen molar-refractivity contribution in [2.24, 2.45) is 0 Å². The molecule has 0 aliphatic heterocycles. The highest BCUT2D eigenvalue weighted by Gasteiger charge is 2.10. The van der Waals surface area contributed by atoms with Crippen LogP contribution >= 0.6 is 11.3 Å². The van der Waals surface area contributed by atoms with Gasteiger partial charge in [-0.2, -0.15) is 9.61 Å². The number of rotatable bonds is 3. The molecule has 19 heavy (non-hydrogen) atoms. The molecule has 3 heterocycles. The number of anilines is 1. The SMILES string of the molecule is CCc1nnc2ccc(-c3cnc(N(C)C)s3)nn12. The Labute approximate surface area is 114 Å². The Balaban J connectivity index is 2.08. The van der Waals surface area contributed by atoms with Crippen LogP contribution < -0.4 is 4.90 Å². The van der Waals surface area contributed by atoms with E-state index in [2.05, 4.69) is 20.3 Å². The molecule has 0 spiro atoms. The van der Waals surface area contributed by atoms with Crippen molar-refractivity contribution in [2.75, 3.05) is 19.0 Å². The van der Waals surface area contributed by atoms with Crippen molar-refractivity contribution >= 4 is 22.1 Å². The van der Waals surface area contributed by atoms with Gasteiger partial charge in [-0.1, -0.05) is 18.3 Å². The molecule has 3 aromatic heterocycles. The molecule has 0 N–H and O–H groups in total. The van der Waals surface area contributed by atoms with Gasteiger partial charge in [0.15, 0.2) is 16.6 Å². The van der Waals surface area contributed by atoms with Gasteiger partial charge >= 0.3 is 0 Å². The molecule has 0 aliphatic rings. The maximum absolute atomic E-state index is 4.59. The van der Waals surface area contributed by atoms with E-state index in [0.717, 1.165) is 33.6 Å². The van der Waals surface area contributed by atoms with E-state index in [1.54, 1.807) is 15.9 Å². The first-order valence-corrected chi connectivity index (χ1v) is 6.85. The molecule has 0 atom stereocenters. The van der Waals surface area contributed by atoms with Crippen molar-refractivity contribution in [3.8, 4) is 10.6 Å². The van der Waals surface area contributed by atoms with E-state index < -0.39 is 0 Å². The van der Waals surface area contributed by atoms with Gasteiger partial charge < -0.3 is 4.90 Å². The molecule has 0 unspecified atom stereocenters. The van der Waals surface area contributed by atoms with Gasteiger partial charge in [-0.3, -0.25) is 0 Å². The van der Waals surface area contributed by atoms with Gasteiger partial charge in [-0.25, -0.2) is 4.98 Å². The van der Waals surface area contributed by atoms with Crippen LogP contribution in [-0.4, -0.2) is 38.9 Å². The van der Waals surface area contributed by atoms with E-state index >= 15 is 0 Å². The average Bonchev–Trinajstić information content (AvgIpc) is 3.04. The summed E-state index contributed by atoms with van der Waals surface area (Å²) in [6.45, 7) is 2.04. The molecule has 0 amide bonds. The van der Waals surface area contributed by atoms with Gasteiger partial charge in [0.05, 0.1) is 4.88 Å². The number of aromatic nitrogens is 5. The standard InChI is InChI=1S/C12H14N6S/c1-4-10-14-15-11-6-5-8(16-18(10)11)9-7-13-12(19-9)17(2)3/h5-7H,4H2,1-3H3. The summed E-state index contributed by atoms with van der Waals surface area (Å²) in [5, 5.41) is 13.8. The number of hydrogen-bond acceptors (Lipinski definition) is 6. The van der Waals surface area contributed by atoms with E-state index in [0.29, 0.717) is 0 Å². The predicted octanol–water partition coefficient (Wildman–Crippen LogP) is 1.88. The molecule has 3 aromatic rings. The largest absolute Gasteiger partial charge is 0.354 e. The van der Waals surface area contributed by atoms with Crippen molar-refractivity contribution in [3.63, 3.8) is 0 Å². The van der Waals surface area contributed by atoms with E-state index in [1.165, 1.54) is 0 Å². The Bertz CT molecular complexity index is 714. The molecule has 0 aliphatic carbocycles. The number of hydrogen-bond donors (Lipinski definition) is 0. The fourth-order valence-corrected chi connectivity index (χ4v) is 2.58. The van der Waals surface area contributed by atoms with Crippen molar-refractivity contribution in [1.82, 2.24) is 24.8 Å². The third kappa shape index (κ3) is 2.06. The van der Waals surface area contributed by atoms with Gasteiger partial charge in [-0.05, 0) is 12.1 Å². The van der Waals surface area contributed by atoms with Crippen LogP contribution in [0.2, 0.25) is 0 Å². The van der Waals surface area contributed by atoms with Crippen LogP contribution in [0.3, 0.4) is 0 Å². The lowest BCUT2D eigenvalue weighted by atomic mass is 10.3. The summed E-state index contributed by atoms with van der Waals surface area (Å²) in [4.78, 5) is 7.40. The molecule has 0 bridgehead atoms. The summed E-state index contributed by atoms with van der Waals surface area (Å²) in [7, 11) is 3.96. The molecule has 0 saturated heterocycles. The van der Waals surface area contributed by atoms with E-state index in [1.807, 2.05) is 44.2 Å². The highest BCUT2D eigenvalue weighted by Crippen LogP contribution is 2.28. The first-order valence-electron chi connectivity index (χ1n) is 6.04. The molecular formula is C12H14N6S. The Kier molecular flexibility index (Phi) is 2.90. The van der Waals surface area contributed by atoms with Crippen LogP contribution in [0.25, 0.3) is 16.2 Å². The van der Waals surface area contributed by atoms with E-state index in [9.17, 15) is 0 Å². The minimum Gasteiger partial charge on any atom is -0.354 e. The molecule has 0 aromatic carbocycles. The third-order valence-electron chi connectivity index (χ3n) is 2.77. The lowest BCUT2D eigenvalue weighted by molar-refractivity contribution is 0.827. The monoisotopic (exact) mass is 274 g/mol. The van der Waals surface area contributed by atoms with Gasteiger partial charge in [0.1, 0.15) is 5.69 Å². The molecule has 3 rings (SSSR count). The first-order chi connectivity index (χ1) is 9.19. The third-order valence-corrected chi connectivity index (χ3v) is 3.96.